The molecule has 0 radical (unpaired) electrons. The van der Waals surface area contributed by atoms with Crippen LogP contribution >= 0.6 is 35.0 Å². The molecule has 1 atom stereocenters. The van der Waals surface area contributed by atoms with Crippen LogP contribution in [0.15, 0.2) is 36.4 Å². The van der Waals surface area contributed by atoms with Crippen molar-refractivity contribution >= 4 is 58.4 Å². The van der Waals surface area contributed by atoms with E-state index >= 15 is 0 Å². The summed E-state index contributed by atoms with van der Waals surface area (Å²) in [7, 11) is 0. The van der Waals surface area contributed by atoms with Gasteiger partial charge in [0.05, 0.1) is 10.6 Å². The van der Waals surface area contributed by atoms with Crippen molar-refractivity contribution < 1.29 is 28.6 Å². The van der Waals surface area contributed by atoms with Gasteiger partial charge in [-0.1, -0.05) is 23.2 Å². The molecule has 0 aliphatic carbocycles. The minimum Gasteiger partial charge on any atom is -0.486 e. The predicted molar refractivity (Wildman–Crippen MR) is 128 cm³/mol. The van der Waals surface area contributed by atoms with Gasteiger partial charge >= 0.3 is 5.97 Å². The molecule has 2 aromatic carbocycles. The minimum atomic E-state index is -0.946. The zero-order valence-electron chi connectivity index (χ0n) is 17.7. The smallest absolute Gasteiger partial charge is 0.329 e. The van der Waals surface area contributed by atoms with Crippen molar-refractivity contribution in [2.24, 2.45) is 0 Å². The van der Waals surface area contributed by atoms with E-state index in [4.69, 9.17) is 37.4 Å². The number of esters is 1. The maximum atomic E-state index is 12.6. The van der Waals surface area contributed by atoms with E-state index in [0.29, 0.717) is 47.6 Å². The van der Waals surface area contributed by atoms with E-state index in [0.717, 1.165) is 0 Å². The molecule has 1 heterocycles. The molecule has 1 aliphatic rings. The Morgan fingerprint density at radius 2 is 1.85 bits per heavy atom. The number of nitrogens with one attached hydrogen (secondary N) is 2. The molecule has 176 valence electrons. The van der Waals surface area contributed by atoms with E-state index in [1.807, 2.05) is 6.26 Å². The van der Waals surface area contributed by atoms with Crippen molar-refractivity contribution in [1.82, 2.24) is 5.32 Å². The number of carbonyl (C=O) groups is 3. The summed E-state index contributed by atoms with van der Waals surface area (Å²) in [5, 5.41) is 5.81. The summed E-state index contributed by atoms with van der Waals surface area (Å²) in [6, 6.07) is 8.47. The number of anilines is 1. The van der Waals surface area contributed by atoms with Crippen LogP contribution in [-0.4, -0.2) is 55.7 Å². The number of thioether (sulfide) groups is 1. The van der Waals surface area contributed by atoms with E-state index in [1.165, 1.54) is 30.0 Å². The predicted octanol–water partition coefficient (Wildman–Crippen LogP) is 3.80. The summed E-state index contributed by atoms with van der Waals surface area (Å²) >= 11 is 13.5. The maximum Gasteiger partial charge on any atom is 0.329 e. The summed E-state index contributed by atoms with van der Waals surface area (Å²) in [5.41, 5.74) is 0.657. The Kier molecular flexibility index (Phi) is 9.11. The van der Waals surface area contributed by atoms with Crippen LogP contribution in [0, 0.1) is 0 Å². The topological polar surface area (TPSA) is 103 Å². The fourth-order valence-electron chi connectivity index (χ4n) is 2.95. The number of hydrogen-bond acceptors (Lipinski definition) is 7. The van der Waals surface area contributed by atoms with E-state index in [-0.39, 0.29) is 10.6 Å². The second-order valence-corrected chi connectivity index (χ2v) is 8.78. The molecule has 33 heavy (non-hydrogen) atoms. The molecule has 0 bridgehead atoms. The third-order valence-electron chi connectivity index (χ3n) is 4.55. The Balaban J connectivity index is 1.56. The molecule has 3 rings (SSSR count). The van der Waals surface area contributed by atoms with E-state index < -0.39 is 30.4 Å². The number of halogens is 2. The number of carbonyl (C=O) groups excluding carboxylic acids is 3. The molecule has 8 nitrogen and oxygen atoms in total. The molecule has 0 saturated heterocycles. The van der Waals surface area contributed by atoms with Crippen molar-refractivity contribution in [2.45, 2.75) is 12.5 Å². The number of ether oxygens (including phenoxy) is 3. The number of fused-ring (bicyclic) bond motifs is 1. The molecule has 11 heteroatoms. The highest BCUT2D eigenvalue weighted by Crippen LogP contribution is 2.32. The van der Waals surface area contributed by atoms with Gasteiger partial charge in [-0.25, -0.2) is 4.79 Å². The Bertz CT molecular complexity index is 1040. The summed E-state index contributed by atoms with van der Waals surface area (Å²) in [5.74, 6) is -0.0794. The Hall–Kier alpha value is -2.62. The Morgan fingerprint density at radius 1 is 1.09 bits per heavy atom. The fourth-order valence-corrected chi connectivity index (χ4v) is 3.92. The average Bonchev–Trinajstić information content (AvgIpc) is 2.80. The second kappa shape index (κ2) is 12.0. The van der Waals surface area contributed by atoms with Crippen LogP contribution in [0.25, 0.3) is 0 Å². The highest BCUT2D eigenvalue weighted by Gasteiger charge is 2.24. The third kappa shape index (κ3) is 7.18. The SMILES string of the molecule is CSCC[C@H](NC(=O)c1ccc(Cl)cc1Cl)C(=O)OCC(=O)Nc1ccc2c(c1)OCCO2. The van der Waals surface area contributed by atoms with Crippen LogP contribution in [0.5, 0.6) is 11.5 Å². The average molecular weight is 513 g/mol. The largest absolute Gasteiger partial charge is 0.486 e. The number of amides is 2. The first-order chi connectivity index (χ1) is 15.9. The molecule has 0 fully saturated rings. The van der Waals surface area contributed by atoms with E-state index in [2.05, 4.69) is 10.6 Å². The van der Waals surface area contributed by atoms with Gasteiger partial charge in [0.15, 0.2) is 18.1 Å². The van der Waals surface area contributed by atoms with Gasteiger partial charge in [0.2, 0.25) is 0 Å². The molecular weight excluding hydrogens is 491 g/mol. The Labute approximate surface area is 205 Å². The standard InChI is InChI=1S/C22H22Cl2N2O6S/c1-33-9-6-17(26-21(28)15-4-2-13(23)10-16(15)24)22(29)32-12-20(27)25-14-3-5-18-19(11-14)31-8-7-30-18/h2-5,10-11,17H,6-9,12H2,1H3,(H,25,27)(H,26,28)/t17-/m0/s1. The van der Waals surface area contributed by atoms with Gasteiger partial charge in [0.25, 0.3) is 11.8 Å². The monoisotopic (exact) mass is 512 g/mol. The first kappa shape index (κ1) is 25.0. The highest BCUT2D eigenvalue weighted by molar-refractivity contribution is 7.98. The quantitative estimate of drug-likeness (QED) is 0.492. The molecule has 0 spiro atoms. The summed E-state index contributed by atoms with van der Waals surface area (Å²) in [4.78, 5) is 37.4. The second-order valence-electron chi connectivity index (χ2n) is 6.95. The van der Waals surface area contributed by atoms with Gasteiger partial charge < -0.3 is 24.8 Å². The molecule has 1 aliphatic heterocycles. The lowest BCUT2D eigenvalue weighted by Gasteiger charge is -2.19. The molecule has 0 saturated carbocycles. The van der Waals surface area contributed by atoms with Gasteiger partial charge in [-0.2, -0.15) is 11.8 Å². The Morgan fingerprint density at radius 3 is 2.58 bits per heavy atom. The lowest BCUT2D eigenvalue weighted by Crippen LogP contribution is -2.43. The van der Waals surface area contributed by atoms with Gasteiger partial charge in [-0.15, -0.1) is 0 Å². The van der Waals surface area contributed by atoms with Crippen LogP contribution in [0.3, 0.4) is 0 Å². The molecule has 2 N–H and O–H groups in total. The molecule has 0 unspecified atom stereocenters. The minimum absolute atomic E-state index is 0.163. The first-order valence-corrected chi connectivity index (χ1v) is 12.1. The van der Waals surface area contributed by atoms with Crippen molar-refractivity contribution in [3.8, 4) is 11.5 Å². The molecule has 0 aromatic heterocycles. The van der Waals surface area contributed by atoms with Crippen LogP contribution in [-0.2, 0) is 14.3 Å². The van der Waals surface area contributed by atoms with Gasteiger partial charge in [-0.3, -0.25) is 9.59 Å². The number of benzene rings is 2. The fraction of sp³-hybridized carbons (Fsp3) is 0.318. The van der Waals surface area contributed by atoms with Crippen molar-refractivity contribution in [2.75, 3.05) is 37.1 Å². The van der Waals surface area contributed by atoms with Crippen LogP contribution in [0.2, 0.25) is 10.0 Å². The zero-order valence-corrected chi connectivity index (χ0v) is 20.0. The van der Waals surface area contributed by atoms with Crippen molar-refractivity contribution in [1.29, 1.82) is 0 Å². The van der Waals surface area contributed by atoms with E-state index in [9.17, 15) is 14.4 Å². The third-order valence-corrected chi connectivity index (χ3v) is 5.74. The molecule has 2 aromatic rings. The van der Waals surface area contributed by atoms with Gasteiger partial charge in [-0.05, 0) is 48.8 Å². The molecule has 2 amide bonds. The van der Waals surface area contributed by atoms with Crippen molar-refractivity contribution in [3.63, 3.8) is 0 Å². The normalized spacial score (nSPS) is 13.1. The van der Waals surface area contributed by atoms with Gasteiger partial charge in [0.1, 0.15) is 19.3 Å². The summed E-state index contributed by atoms with van der Waals surface area (Å²) in [6.45, 7) is 0.375. The highest BCUT2D eigenvalue weighted by atomic mass is 35.5. The van der Waals surface area contributed by atoms with Crippen LogP contribution in [0.1, 0.15) is 16.8 Å². The first-order valence-electron chi connectivity index (χ1n) is 9.98. The van der Waals surface area contributed by atoms with Crippen molar-refractivity contribution in [3.05, 3.63) is 52.0 Å². The summed E-state index contributed by atoms with van der Waals surface area (Å²) < 4.78 is 16.1. The molecular formula is C22H22Cl2N2O6S. The van der Waals surface area contributed by atoms with Crippen LogP contribution in [0.4, 0.5) is 5.69 Å². The lowest BCUT2D eigenvalue weighted by molar-refractivity contribution is -0.149. The van der Waals surface area contributed by atoms with E-state index in [1.54, 1.807) is 18.2 Å². The zero-order chi connectivity index (χ0) is 23.8. The maximum absolute atomic E-state index is 12.6. The lowest BCUT2D eigenvalue weighted by atomic mass is 10.1. The summed E-state index contributed by atoms with van der Waals surface area (Å²) in [6.07, 6.45) is 2.20. The number of rotatable bonds is 9. The van der Waals surface area contributed by atoms with Crippen LogP contribution < -0.4 is 20.1 Å². The van der Waals surface area contributed by atoms with Gasteiger partial charge in [0, 0.05) is 16.8 Å². The number of hydrogen-bond donors (Lipinski definition) is 2.